The fraction of sp³-hybridized carbons (Fsp3) is 0.312. The molecule has 0 saturated carbocycles. The predicted molar refractivity (Wildman–Crippen MR) is 85.5 cm³/mol. The van der Waals surface area contributed by atoms with Crippen molar-refractivity contribution in [2.75, 3.05) is 19.6 Å². The summed E-state index contributed by atoms with van der Waals surface area (Å²) in [4.78, 5) is 25.0. The van der Waals surface area contributed by atoms with Crippen molar-refractivity contribution in [1.82, 2.24) is 25.3 Å². The summed E-state index contributed by atoms with van der Waals surface area (Å²) in [6.45, 7) is 1.49. The van der Waals surface area contributed by atoms with Gasteiger partial charge in [0.25, 0.3) is 0 Å². The molecule has 0 aliphatic carbocycles. The molecule has 1 aromatic carbocycles. The monoisotopic (exact) mass is 313 g/mol. The zero-order valence-corrected chi connectivity index (χ0v) is 13.0. The second-order valence-corrected chi connectivity index (χ2v) is 5.47. The third-order valence-corrected chi connectivity index (χ3v) is 3.71. The minimum atomic E-state index is -0.234. The first-order valence-electron chi connectivity index (χ1n) is 7.51. The maximum Gasteiger partial charge on any atom is 0.318 e. The molecule has 2 aromatic rings. The highest BCUT2D eigenvalue weighted by Crippen LogP contribution is 2.21. The summed E-state index contributed by atoms with van der Waals surface area (Å²) in [5.41, 5.74) is 2.80. The number of nitrogens with zero attached hydrogens (tertiary/aromatic N) is 3. The van der Waals surface area contributed by atoms with E-state index in [0.29, 0.717) is 19.6 Å². The van der Waals surface area contributed by atoms with Crippen LogP contribution in [0.3, 0.4) is 0 Å². The van der Waals surface area contributed by atoms with Crippen LogP contribution in [0, 0.1) is 0 Å². The lowest BCUT2D eigenvalue weighted by Crippen LogP contribution is -2.52. The van der Waals surface area contributed by atoms with Crippen molar-refractivity contribution in [3.05, 3.63) is 42.1 Å². The fourth-order valence-corrected chi connectivity index (χ4v) is 2.60. The second kappa shape index (κ2) is 6.51. The molecule has 1 aliphatic heterocycles. The van der Waals surface area contributed by atoms with E-state index in [1.54, 1.807) is 4.68 Å². The van der Waals surface area contributed by atoms with Crippen molar-refractivity contribution in [3.63, 3.8) is 0 Å². The van der Waals surface area contributed by atoms with Crippen LogP contribution in [0.2, 0.25) is 0 Å². The zero-order chi connectivity index (χ0) is 16.2. The smallest absolute Gasteiger partial charge is 0.318 e. The fourth-order valence-electron chi connectivity index (χ4n) is 2.60. The van der Waals surface area contributed by atoms with Gasteiger partial charge in [0.1, 0.15) is 6.54 Å². The summed E-state index contributed by atoms with van der Waals surface area (Å²) in [6.07, 6.45) is 1.89. The van der Waals surface area contributed by atoms with Gasteiger partial charge in [-0.15, -0.1) is 0 Å². The van der Waals surface area contributed by atoms with Crippen LogP contribution in [0.5, 0.6) is 0 Å². The Morgan fingerprint density at radius 1 is 1.35 bits per heavy atom. The number of aryl methyl sites for hydroxylation is 1. The van der Waals surface area contributed by atoms with Gasteiger partial charge in [0.05, 0.1) is 5.69 Å². The molecule has 23 heavy (non-hydrogen) atoms. The first-order chi connectivity index (χ1) is 11.1. The maximum atomic E-state index is 12.2. The van der Waals surface area contributed by atoms with Crippen LogP contribution < -0.4 is 10.6 Å². The molecular weight excluding hydrogens is 294 g/mol. The molecule has 0 atom stereocenters. The molecule has 0 bridgehead atoms. The highest BCUT2D eigenvalue weighted by molar-refractivity contribution is 5.85. The number of carbonyl (C=O) groups is 2. The van der Waals surface area contributed by atoms with Gasteiger partial charge in [-0.2, -0.15) is 5.10 Å². The minimum Gasteiger partial charge on any atom is -0.353 e. The molecule has 7 nitrogen and oxygen atoms in total. The van der Waals surface area contributed by atoms with E-state index >= 15 is 0 Å². The van der Waals surface area contributed by atoms with Gasteiger partial charge in [-0.25, -0.2) is 4.79 Å². The van der Waals surface area contributed by atoms with E-state index in [0.717, 1.165) is 16.8 Å². The molecule has 0 radical (unpaired) electrons. The molecule has 1 fully saturated rings. The molecule has 1 saturated heterocycles. The lowest BCUT2D eigenvalue weighted by molar-refractivity contribution is -0.123. The number of hydrogen-bond acceptors (Lipinski definition) is 3. The molecule has 120 valence electrons. The van der Waals surface area contributed by atoms with Crippen molar-refractivity contribution in [2.45, 2.75) is 6.54 Å². The van der Waals surface area contributed by atoms with E-state index in [4.69, 9.17) is 0 Å². The SMILES string of the molecule is Cn1cc(CNC(=O)N2CCNC(=O)C2)c(-c2ccccc2)n1. The maximum absolute atomic E-state index is 12.2. The van der Waals surface area contributed by atoms with Crippen molar-refractivity contribution in [2.24, 2.45) is 7.05 Å². The highest BCUT2D eigenvalue weighted by Gasteiger charge is 2.21. The van der Waals surface area contributed by atoms with Crippen LogP contribution in [0.4, 0.5) is 4.79 Å². The highest BCUT2D eigenvalue weighted by atomic mass is 16.2. The van der Waals surface area contributed by atoms with Gasteiger partial charge in [-0.3, -0.25) is 9.48 Å². The van der Waals surface area contributed by atoms with E-state index in [1.807, 2.05) is 43.6 Å². The molecule has 2 heterocycles. The Bertz CT molecular complexity index is 711. The average molecular weight is 313 g/mol. The van der Waals surface area contributed by atoms with Crippen LogP contribution in [0.25, 0.3) is 11.3 Å². The minimum absolute atomic E-state index is 0.102. The number of hydrogen-bond donors (Lipinski definition) is 2. The predicted octanol–water partition coefficient (Wildman–Crippen LogP) is 0.728. The quantitative estimate of drug-likeness (QED) is 0.877. The van der Waals surface area contributed by atoms with Crippen molar-refractivity contribution < 1.29 is 9.59 Å². The van der Waals surface area contributed by atoms with E-state index in [1.165, 1.54) is 4.90 Å². The van der Waals surface area contributed by atoms with Gasteiger partial charge < -0.3 is 15.5 Å². The summed E-state index contributed by atoms with van der Waals surface area (Å²) in [5.74, 6) is -0.127. The van der Waals surface area contributed by atoms with Gasteiger partial charge in [0.15, 0.2) is 0 Å². The molecular formula is C16H19N5O2. The Balaban J connectivity index is 1.69. The summed E-state index contributed by atoms with van der Waals surface area (Å²) in [5, 5.41) is 10.0. The van der Waals surface area contributed by atoms with Crippen LogP contribution >= 0.6 is 0 Å². The van der Waals surface area contributed by atoms with Crippen LogP contribution in [0.1, 0.15) is 5.56 Å². The lowest BCUT2D eigenvalue weighted by atomic mass is 10.1. The largest absolute Gasteiger partial charge is 0.353 e. The Morgan fingerprint density at radius 2 is 2.13 bits per heavy atom. The molecule has 1 aliphatic rings. The molecule has 3 amide bonds. The van der Waals surface area contributed by atoms with E-state index in [-0.39, 0.29) is 18.5 Å². The van der Waals surface area contributed by atoms with E-state index in [9.17, 15) is 9.59 Å². The van der Waals surface area contributed by atoms with Crippen LogP contribution in [-0.2, 0) is 18.4 Å². The molecule has 7 heteroatoms. The third-order valence-electron chi connectivity index (χ3n) is 3.71. The van der Waals surface area contributed by atoms with Crippen molar-refractivity contribution in [3.8, 4) is 11.3 Å². The van der Waals surface area contributed by atoms with E-state index < -0.39 is 0 Å². The number of nitrogens with one attached hydrogen (secondary N) is 2. The second-order valence-electron chi connectivity index (χ2n) is 5.47. The zero-order valence-electron chi connectivity index (χ0n) is 13.0. The summed E-state index contributed by atoms with van der Waals surface area (Å²) >= 11 is 0. The number of amides is 3. The number of aromatic nitrogens is 2. The standard InChI is InChI=1S/C16H19N5O2/c1-20-10-13(15(19-20)12-5-3-2-4-6-12)9-18-16(23)21-8-7-17-14(22)11-21/h2-6,10H,7-9,11H2,1H3,(H,17,22)(H,18,23). The third kappa shape index (κ3) is 3.50. The Morgan fingerprint density at radius 3 is 2.87 bits per heavy atom. The molecule has 0 unspecified atom stereocenters. The number of rotatable bonds is 3. The van der Waals surface area contributed by atoms with Gasteiger partial charge in [-0.05, 0) is 0 Å². The molecule has 3 rings (SSSR count). The van der Waals surface area contributed by atoms with Gasteiger partial charge in [-0.1, -0.05) is 30.3 Å². The van der Waals surface area contributed by atoms with Gasteiger partial charge in [0.2, 0.25) is 5.91 Å². The lowest BCUT2D eigenvalue weighted by Gasteiger charge is -2.26. The topological polar surface area (TPSA) is 79.3 Å². The van der Waals surface area contributed by atoms with Crippen LogP contribution in [0.15, 0.2) is 36.5 Å². The Hall–Kier alpha value is -2.83. The summed E-state index contributed by atoms with van der Waals surface area (Å²) in [6, 6.07) is 9.61. The number of piperazine rings is 1. The van der Waals surface area contributed by atoms with E-state index in [2.05, 4.69) is 15.7 Å². The molecule has 0 spiro atoms. The summed E-state index contributed by atoms with van der Waals surface area (Å²) < 4.78 is 1.73. The summed E-state index contributed by atoms with van der Waals surface area (Å²) in [7, 11) is 1.85. The van der Waals surface area contributed by atoms with Crippen molar-refractivity contribution in [1.29, 1.82) is 0 Å². The Kier molecular flexibility index (Phi) is 4.27. The first-order valence-corrected chi connectivity index (χ1v) is 7.51. The molecule has 2 N–H and O–H groups in total. The van der Waals surface area contributed by atoms with Gasteiger partial charge in [0, 0.05) is 44.0 Å². The van der Waals surface area contributed by atoms with Crippen molar-refractivity contribution >= 4 is 11.9 Å². The van der Waals surface area contributed by atoms with Crippen LogP contribution in [-0.4, -0.2) is 46.3 Å². The normalized spacial score (nSPS) is 14.5. The number of benzene rings is 1. The number of urea groups is 1. The van der Waals surface area contributed by atoms with Gasteiger partial charge >= 0.3 is 6.03 Å². The first kappa shape index (κ1) is 15.1. The number of carbonyl (C=O) groups excluding carboxylic acids is 2. The average Bonchev–Trinajstić information content (AvgIpc) is 2.94. The molecule has 1 aromatic heterocycles. The Labute approximate surface area is 134 Å².